The molecule has 4 aliphatic rings. The van der Waals surface area contributed by atoms with Crippen LogP contribution >= 0.6 is 11.8 Å². The highest BCUT2D eigenvalue weighted by Crippen LogP contribution is 2.32. The van der Waals surface area contributed by atoms with E-state index in [1.807, 2.05) is 49.9 Å². The number of hydrogen-bond acceptors (Lipinski definition) is 11. The number of likely N-dealkylation sites (tertiary alicyclic amines) is 2. The van der Waals surface area contributed by atoms with Crippen LogP contribution in [0.3, 0.4) is 0 Å². The minimum Gasteiger partial charge on any atom is -0.453 e. The number of carbonyl (C=O) groups is 4. The van der Waals surface area contributed by atoms with E-state index in [4.69, 9.17) is 9.47 Å². The first-order valence-corrected chi connectivity index (χ1v) is 20.7. The Morgan fingerprint density at radius 3 is 1.59 bits per heavy atom. The summed E-state index contributed by atoms with van der Waals surface area (Å²) in [5.74, 6) is -0.383. The molecule has 4 aliphatic heterocycles. The highest BCUT2D eigenvalue weighted by Gasteiger charge is 2.44. The number of ether oxygens (including phenoxy) is 2. The maximum atomic E-state index is 13.8. The average molecular weight is 789 g/mol. The molecule has 14 nitrogen and oxygen atoms in total. The average Bonchev–Trinajstić information content (AvgIpc) is 4.04. The molecular formula is C41H56N8O6S. The Labute approximate surface area is 333 Å². The number of alkyl carbamates (subject to hydrolysis) is 2. The number of nitrogens with one attached hydrogen (secondary N) is 6. The van der Waals surface area contributed by atoms with Gasteiger partial charge in [0.05, 0.1) is 37.7 Å². The van der Waals surface area contributed by atoms with E-state index in [2.05, 4.69) is 86.7 Å². The fraction of sp³-hybridized carbons (Fsp3) is 0.512. The third kappa shape index (κ3) is 8.82. The zero-order valence-corrected chi connectivity index (χ0v) is 34.1. The second-order valence-electron chi connectivity index (χ2n) is 15.5. The van der Waals surface area contributed by atoms with Crippen molar-refractivity contribution in [2.45, 2.75) is 88.7 Å². The number of hydrogen-bond donors (Lipinski definition) is 6. The van der Waals surface area contributed by atoms with E-state index in [1.54, 1.807) is 11.8 Å². The number of thioether (sulfide) groups is 1. The van der Waals surface area contributed by atoms with Crippen LogP contribution in [0.4, 0.5) is 9.59 Å². The van der Waals surface area contributed by atoms with Crippen LogP contribution in [-0.2, 0) is 19.1 Å². The largest absolute Gasteiger partial charge is 0.453 e. The van der Waals surface area contributed by atoms with Crippen molar-refractivity contribution in [3.05, 3.63) is 72.1 Å². The molecule has 7 atom stereocenters. The second kappa shape index (κ2) is 17.8. The van der Waals surface area contributed by atoms with E-state index in [-0.39, 0.29) is 48.1 Å². The molecule has 2 unspecified atom stereocenters. The Kier molecular flexibility index (Phi) is 12.9. The van der Waals surface area contributed by atoms with Gasteiger partial charge in [-0.1, -0.05) is 76.2 Å². The minimum absolute atomic E-state index is 0.0656. The summed E-state index contributed by atoms with van der Waals surface area (Å²) in [6.07, 6.45) is 7.04. The fourth-order valence-electron chi connectivity index (χ4n) is 8.02. The molecule has 0 saturated carbocycles. The van der Waals surface area contributed by atoms with Crippen molar-refractivity contribution >= 4 is 47.2 Å². The lowest BCUT2D eigenvalue weighted by atomic mass is 10.0. The van der Waals surface area contributed by atoms with E-state index >= 15 is 0 Å². The first-order chi connectivity index (χ1) is 26.9. The van der Waals surface area contributed by atoms with E-state index in [0.29, 0.717) is 18.3 Å². The highest BCUT2D eigenvalue weighted by atomic mass is 32.2. The summed E-state index contributed by atoms with van der Waals surface area (Å²) in [7, 11) is 2.60. The summed E-state index contributed by atoms with van der Waals surface area (Å²) in [5, 5.41) is 19.9. The Morgan fingerprint density at radius 1 is 0.696 bits per heavy atom. The quantitative estimate of drug-likeness (QED) is 0.184. The molecular weight excluding hydrogens is 733 g/mol. The summed E-state index contributed by atoms with van der Waals surface area (Å²) >= 11 is 1.75. The van der Waals surface area contributed by atoms with Crippen LogP contribution in [-0.4, -0.2) is 109 Å². The number of methoxy groups -OCH3 is 2. The predicted octanol–water partition coefficient (Wildman–Crippen LogP) is 4.07. The molecule has 2 aromatic carbocycles. The molecule has 56 heavy (non-hydrogen) atoms. The summed E-state index contributed by atoms with van der Waals surface area (Å²) in [5.41, 5.74) is 6.14. The SMILES string of the molecule is COC(=O)N[C@H](C(=O)N1CCC[C@H]1C1NC=C(c2ccc(-c3ccc(C4=CNC([C@@H]5C[C@H](SC)CN5C(=O)[C@@H](NC(=O)OC)C(C)C)N4)cc3)cc2)N1)C(C)C. The molecule has 0 bridgehead atoms. The number of amides is 4. The van der Waals surface area contributed by atoms with Gasteiger partial charge >= 0.3 is 12.2 Å². The summed E-state index contributed by atoms with van der Waals surface area (Å²) in [6, 6.07) is 15.3. The van der Waals surface area contributed by atoms with Crippen LogP contribution in [0.25, 0.3) is 22.5 Å². The minimum atomic E-state index is -0.678. The molecule has 15 heteroatoms. The van der Waals surface area contributed by atoms with Gasteiger partial charge in [0.25, 0.3) is 0 Å². The molecule has 2 aromatic rings. The molecule has 2 saturated heterocycles. The standard InChI is InChI=1S/C41H56N8O6S/c1-23(2)34(46-40(52)54-5)38(50)48-18-8-9-32(48)36-42-20-30(44-36)27-14-10-25(11-15-27)26-12-16-28(17-13-26)31-21-43-37(45-31)33-19-29(56-7)22-49(33)39(51)35(24(3)4)47-41(53)55-6/h10-17,20-21,23-24,29,32-37,42-45H,8-9,18-19,22H2,1-7H3,(H,46,52)(H,47,53)/t29-,32-,33-,34-,35-,36?,37?/m0/s1. The number of carbonyl (C=O) groups excluding carboxylic acids is 4. The van der Waals surface area contributed by atoms with E-state index < -0.39 is 24.3 Å². The molecule has 2 fully saturated rings. The van der Waals surface area contributed by atoms with Gasteiger partial charge in [-0.25, -0.2) is 9.59 Å². The lowest BCUT2D eigenvalue weighted by molar-refractivity contribution is -0.136. The first kappa shape index (κ1) is 40.6. The first-order valence-electron chi connectivity index (χ1n) is 19.4. The van der Waals surface area contributed by atoms with Gasteiger partial charge in [-0.05, 0) is 59.6 Å². The molecule has 4 amide bonds. The molecule has 302 valence electrons. The Morgan fingerprint density at radius 2 is 1.14 bits per heavy atom. The third-order valence-corrected chi connectivity index (χ3v) is 12.2. The van der Waals surface area contributed by atoms with Gasteiger partial charge in [-0.3, -0.25) is 9.59 Å². The lowest BCUT2D eigenvalue weighted by Crippen LogP contribution is -2.57. The Bertz CT molecular complexity index is 1800. The van der Waals surface area contributed by atoms with Gasteiger partial charge in [-0.15, -0.1) is 0 Å². The molecule has 4 heterocycles. The smallest absolute Gasteiger partial charge is 0.407 e. The number of benzene rings is 2. The van der Waals surface area contributed by atoms with Gasteiger partial charge in [0.15, 0.2) is 0 Å². The van der Waals surface area contributed by atoms with Gasteiger partial charge in [-0.2, -0.15) is 11.8 Å². The van der Waals surface area contributed by atoms with Crippen LogP contribution in [0, 0.1) is 11.8 Å². The van der Waals surface area contributed by atoms with E-state index in [0.717, 1.165) is 52.9 Å². The van der Waals surface area contributed by atoms with Gasteiger partial charge < -0.3 is 51.2 Å². The fourth-order valence-corrected chi connectivity index (χ4v) is 8.71. The molecule has 0 aliphatic carbocycles. The van der Waals surface area contributed by atoms with Gasteiger partial charge in [0.2, 0.25) is 11.8 Å². The van der Waals surface area contributed by atoms with Crippen molar-refractivity contribution in [3.63, 3.8) is 0 Å². The van der Waals surface area contributed by atoms with Crippen LogP contribution in [0.15, 0.2) is 60.9 Å². The Hall–Kier alpha value is -5.05. The van der Waals surface area contributed by atoms with Crippen molar-refractivity contribution in [2.75, 3.05) is 33.6 Å². The lowest BCUT2D eigenvalue weighted by Gasteiger charge is -2.34. The zero-order valence-electron chi connectivity index (χ0n) is 33.3. The summed E-state index contributed by atoms with van der Waals surface area (Å²) in [4.78, 5) is 55.2. The van der Waals surface area contributed by atoms with E-state index in [9.17, 15) is 19.2 Å². The molecule has 6 rings (SSSR count). The van der Waals surface area contributed by atoms with Crippen molar-refractivity contribution in [1.82, 2.24) is 41.7 Å². The normalized spacial score (nSPS) is 24.0. The van der Waals surface area contributed by atoms with Crippen LogP contribution in [0.5, 0.6) is 0 Å². The van der Waals surface area contributed by atoms with Crippen molar-refractivity contribution in [2.24, 2.45) is 11.8 Å². The molecule has 0 aromatic heterocycles. The van der Waals surface area contributed by atoms with Gasteiger partial charge in [0, 0.05) is 30.7 Å². The highest BCUT2D eigenvalue weighted by molar-refractivity contribution is 7.99. The zero-order chi connectivity index (χ0) is 40.1. The second-order valence-corrected chi connectivity index (χ2v) is 16.6. The number of nitrogens with zero attached hydrogens (tertiary/aromatic N) is 2. The summed E-state index contributed by atoms with van der Waals surface area (Å²) in [6.45, 7) is 8.92. The van der Waals surface area contributed by atoms with Crippen LogP contribution < -0.4 is 31.9 Å². The maximum Gasteiger partial charge on any atom is 0.407 e. The van der Waals surface area contributed by atoms with Crippen molar-refractivity contribution < 1.29 is 28.7 Å². The predicted molar refractivity (Wildman–Crippen MR) is 218 cm³/mol. The van der Waals surface area contributed by atoms with Crippen LogP contribution in [0.2, 0.25) is 0 Å². The Balaban J connectivity index is 1.05. The molecule has 0 spiro atoms. The van der Waals surface area contributed by atoms with Crippen LogP contribution in [0.1, 0.15) is 58.1 Å². The maximum absolute atomic E-state index is 13.8. The molecule has 6 N–H and O–H groups in total. The van der Waals surface area contributed by atoms with Crippen molar-refractivity contribution in [1.29, 1.82) is 0 Å². The monoisotopic (exact) mass is 788 g/mol. The van der Waals surface area contributed by atoms with E-state index in [1.165, 1.54) is 14.2 Å². The third-order valence-electron chi connectivity index (χ3n) is 11.2. The number of rotatable bonds is 12. The van der Waals surface area contributed by atoms with Gasteiger partial charge in [0.1, 0.15) is 24.4 Å². The molecule has 0 radical (unpaired) electrons. The topological polar surface area (TPSA) is 165 Å². The van der Waals surface area contributed by atoms with Crippen molar-refractivity contribution in [3.8, 4) is 11.1 Å². The summed E-state index contributed by atoms with van der Waals surface area (Å²) < 4.78 is 9.57.